The number of carbonyl (C=O) groups is 1. The Kier molecular flexibility index (Phi) is 4.96. The molecule has 0 aliphatic heterocycles. The van der Waals surface area contributed by atoms with Crippen molar-refractivity contribution in [1.29, 1.82) is 5.26 Å². The summed E-state index contributed by atoms with van der Waals surface area (Å²) in [5, 5.41) is 31.9. The molecule has 0 aliphatic carbocycles. The van der Waals surface area contributed by atoms with Crippen molar-refractivity contribution in [2.24, 2.45) is 5.10 Å². The first kappa shape index (κ1) is 14.6. The van der Waals surface area contributed by atoms with Gasteiger partial charge in [0.15, 0.2) is 0 Å². The zero-order valence-electron chi connectivity index (χ0n) is 9.33. The molecule has 1 aromatic rings. The van der Waals surface area contributed by atoms with Gasteiger partial charge in [0.2, 0.25) is 5.75 Å². The number of amides is 1. The Morgan fingerprint density at radius 1 is 1.68 bits per heavy atom. The van der Waals surface area contributed by atoms with Gasteiger partial charge >= 0.3 is 5.69 Å². The van der Waals surface area contributed by atoms with Crippen molar-refractivity contribution in [2.45, 2.75) is 6.42 Å². The van der Waals surface area contributed by atoms with Gasteiger partial charge in [0, 0.05) is 11.6 Å². The lowest BCUT2D eigenvalue weighted by molar-refractivity contribution is -0.386. The molecule has 0 spiro atoms. The van der Waals surface area contributed by atoms with Gasteiger partial charge in [-0.05, 0) is 22.0 Å². The number of aromatic hydroxyl groups is 1. The first-order valence-corrected chi connectivity index (χ1v) is 5.60. The number of nitrogens with zero attached hydrogens (tertiary/aromatic N) is 3. The summed E-state index contributed by atoms with van der Waals surface area (Å²) < 4.78 is 0.131. The normalized spacial score (nSPS) is 10.1. The van der Waals surface area contributed by atoms with Crippen molar-refractivity contribution < 1.29 is 14.8 Å². The Morgan fingerprint density at radius 2 is 2.37 bits per heavy atom. The van der Waals surface area contributed by atoms with Gasteiger partial charge in [-0.25, -0.2) is 5.43 Å². The van der Waals surface area contributed by atoms with E-state index in [0.29, 0.717) is 5.56 Å². The molecule has 9 heteroatoms. The van der Waals surface area contributed by atoms with E-state index >= 15 is 0 Å². The van der Waals surface area contributed by atoms with Crippen molar-refractivity contribution >= 4 is 33.7 Å². The molecular formula is C10H7BrN4O4. The van der Waals surface area contributed by atoms with E-state index < -0.39 is 22.3 Å². The van der Waals surface area contributed by atoms with Gasteiger partial charge in [-0.1, -0.05) is 0 Å². The predicted molar refractivity (Wildman–Crippen MR) is 68.4 cm³/mol. The van der Waals surface area contributed by atoms with Crippen LogP contribution in [-0.2, 0) is 4.79 Å². The standard InChI is InChI=1S/C10H7BrN4O4/c11-7-3-6(4-8(10(7)17)15(18)19)5-13-14-9(16)1-2-12/h3-5,17H,1H2,(H,14,16)/b13-5-. The summed E-state index contributed by atoms with van der Waals surface area (Å²) in [5.41, 5.74) is 1.89. The number of nitro groups is 1. The van der Waals surface area contributed by atoms with Gasteiger partial charge in [0.05, 0.1) is 21.7 Å². The largest absolute Gasteiger partial charge is 0.501 e. The second kappa shape index (κ2) is 6.46. The van der Waals surface area contributed by atoms with E-state index in [1.165, 1.54) is 6.07 Å². The summed E-state index contributed by atoms with van der Waals surface area (Å²) in [6, 6.07) is 4.13. The van der Waals surface area contributed by atoms with Crippen LogP contribution >= 0.6 is 15.9 Å². The molecule has 0 unspecified atom stereocenters. The molecule has 19 heavy (non-hydrogen) atoms. The number of phenols is 1. The van der Waals surface area contributed by atoms with Crippen LogP contribution in [0.5, 0.6) is 5.75 Å². The zero-order chi connectivity index (χ0) is 14.4. The van der Waals surface area contributed by atoms with E-state index in [4.69, 9.17) is 5.26 Å². The van der Waals surface area contributed by atoms with E-state index in [1.807, 2.05) is 0 Å². The number of benzene rings is 1. The molecule has 0 bridgehead atoms. The predicted octanol–water partition coefficient (Wildman–Crippen LogP) is 1.43. The number of carbonyl (C=O) groups excluding carboxylic acids is 1. The topological polar surface area (TPSA) is 129 Å². The third-order valence-corrected chi connectivity index (χ3v) is 2.51. The molecule has 0 saturated carbocycles. The highest BCUT2D eigenvalue weighted by Crippen LogP contribution is 2.34. The lowest BCUT2D eigenvalue weighted by Crippen LogP contribution is -2.16. The van der Waals surface area contributed by atoms with Gasteiger partial charge in [-0.15, -0.1) is 0 Å². The maximum atomic E-state index is 10.9. The van der Waals surface area contributed by atoms with Gasteiger partial charge in [-0.2, -0.15) is 10.4 Å². The van der Waals surface area contributed by atoms with Gasteiger partial charge < -0.3 is 5.11 Å². The summed E-state index contributed by atoms with van der Waals surface area (Å²) >= 11 is 2.96. The van der Waals surface area contributed by atoms with Crippen LogP contribution in [0.4, 0.5) is 5.69 Å². The molecule has 0 radical (unpaired) electrons. The summed E-state index contributed by atoms with van der Waals surface area (Å²) in [5.74, 6) is -1.08. The summed E-state index contributed by atoms with van der Waals surface area (Å²) in [6.45, 7) is 0. The Morgan fingerprint density at radius 3 is 2.95 bits per heavy atom. The van der Waals surface area contributed by atoms with Gasteiger partial charge in [0.25, 0.3) is 5.91 Å². The SMILES string of the molecule is N#CCC(=O)N/N=C\c1cc(Br)c(O)c([N+](=O)[O-])c1. The monoisotopic (exact) mass is 326 g/mol. The van der Waals surface area contributed by atoms with Crippen LogP contribution < -0.4 is 5.43 Å². The number of hydrogen-bond donors (Lipinski definition) is 2. The minimum atomic E-state index is -0.744. The van der Waals surface area contributed by atoms with Crippen molar-refractivity contribution in [3.63, 3.8) is 0 Å². The molecule has 0 heterocycles. The van der Waals surface area contributed by atoms with Crippen LogP contribution in [0.15, 0.2) is 21.7 Å². The number of nitriles is 1. The molecule has 0 saturated heterocycles. The number of rotatable bonds is 4. The van der Waals surface area contributed by atoms with Crippen molar-refractivity contribution in [1.82, 2.24) is 5.43 Å². The van der Waals surface area contributed by atoms with Gasteiger partial charge in [0.1, 0.15) is 6.42 Å². The summed E-state index contributed by atoms with van der Waals surface area (Å²) in [4.78, 5) is 20.8. The summed E-state index contributed by atoms with van der Waals surface area (Å²) in [7, 11) is 0. The fraction of sp³-hybridized carbons (Fsp3) is 0.100. The lowest BCUT2D eigenvalue weighted by Gasteiger charge is -2.00. The highest BCUT2D eigenvalue weighted by molar-refractivity contribution is 9.10. The average Bonchev–Trinajstić information content (AvgIpc) is 2.33. The smallest absolute Gasteiger partial charge is 0.312 e. The second-order valence-electron chi connectivity index (χ2n) is 3.26. The third-order valence-electron chi connectivity index (χ3n) is 1.90. The zero-order valence-corrected chi connectivity index (χ0v) is 10.9. The molecular weight excluding hydrogens is 320 g/mol. The van der Waals surface area contributed by atoms with Crippen LogP contribution in [0, 0.1) is 21.4 Å². The maximum Gasteiger partial charge on any atom is 0.312 e. The van der Waals surface area contributed by atoms with Crippen LogP contribution in [0.2, 0.25) is 0 Å². The van der Waals surface area contributed by atoms with Gasteiger partial charge in [-0.3, -0.25) is 14.9 Å². The molecule has 0 aromatic heterocycles. The fourth-order valence-electron chi connectivity index (χ4n) is 1.11. The Bertz CT molecular complexity index is 594. The molecule has 1 aromatic carbocycles. The lowest BCUT2D eigenvalue weighted by atomic mass is 10.2. The summed E-state index contributed by atoms with van der Waals surface area (Å²) in [6.07, 6.45) is 0.823. The second-order valence-corrected chi connectivity index (χ2v) is 4.11. The molecule has 0 aliphatic rings. The van der Waals surface area contributed by atoms with E-state index in [0.717, 1.165) is 12.3 Å². The van der Waals surface area contributed by atoms with Crippen LogP contribution in [0.25, 0.3) is 0 Å². The minimum Gasteiger partial charge on any atom is -0.501 e. The van der Waals surface area contributed by atoms with Crippen molar-refractivity contribution in [2.75, 3.05) is 0 Å². The molecule has 1 rings (SSSR count). The average molecular weight is 327 g/mol. The number of nitrogens with one attached hydrogen (secondary N) is 1. The number of hydrogen-bond acceptors (Lipinski definition) is 6. The van der Waals surface area contributed by atoms with Crippen LogP contribution in [0.1, 0.15) is 12.0 Å². The van der Waals surface area contributed by atoms with E-state index in [2.05, 4.69) is 26.5 Å². The Balaban J connectivity index is 2.91. The van der Waals surface area contributed by atoms with Crippen molar-refractivity contribution in [3.05, 3.63) is 32.3 Å². The molecule has 0 atom stereocenters. The minimum absolute atomic E-state index is 0.131. The number of halogens is 1. The highest BCUT2D eigenvalue weighted by Gasteiger charge is 2.17. The quantitative estimate of drug-likeness (QED) is 0.491. The third kappa shape index (κ3) is 4.04. The number of phenolic OH excluding ortho intramolecular Hbond substituents is 1. The molecule has 0 fully saturated rings. The molecule has 8 nitrogen and oxygen atoms in total. The fourth-order valence-corrected chi connectivity index (χ4v) is 1.58. The van der Waals surface area contributed by atoms with E-state index in [9.17, 15) is 20.0 Å². The molecule has 98 valence electrons. The van der Waals surface area contributed by atoms with Crippen LogP contribution in [-0.4, -0.2) is 22.2 Å². The molecule has 2 N–H and O–H groups in total. The first-order valence-electron chi connectivity index (χ1n) is 4.81. The maximum absolute atomic E-state index is 10.9. The Labute approximate surface area is 115 Å². The Hall–Kier alpha value is -2.47. The highest BCUT2D eigenvalue weighted by atomic mass is 79.9. The first-order chi connectivity index (χ1) is 8.95. The molecule has 1 amide bonds. The number of hydrazone groups is 1. The van der Waals surface area contributed by atoms with E-state index in [-0.39, 0.29) is 10.9 Å². The van der Waals surface area contributed by atoms with Crippen LogP contribution in [0.3, 0.4) is 0 Å². The van der Waals surface area contributed by atoms with E-state index in [1.54, 1.807) is 6.07 Å². The number of nitro benzene ring substituents is 1. The van der Waals surface area contributed by atoms with Crippen molar-refractivity contribution in [3.8, 4) is 11.8 Å².